The van der Waals surface area contributed by atoms with Gasteiger partial charge in [-0.1, -0.05) is 0 Å². The maximum atomic E-state index is 11.4. The first-order chi connectivity index (χ1) is 7.99. The van der Waals surface area contributed by atoms with Gasteiger partial charge in [-0.2, -0.15) is 4.21 Å². The fourth-order valence-electron chi connectivity index (χ4n) is 0.487. The quantitative estimate of drug-likeness (QED) is 0.573. The molecule has 10 heteroatoms. The third-order valence-corrected chi connectivity index (χ3v) is 5.43. The van der Waals surface area contributed by atoms with Crippen LogP contribution in [-0.2, 0) is 19.7 Å². The Bertz CT molecular complexity index is 258. The predicted octanol–water partition coefficient (Wildman–Crippen LogP) is 4.20. The van der Waals surface area contributed by atoms with E-state index < -0.39 is 30.8 Å². The highest BCUT2D eigenvalue weighted by atomic mass is 35.5. The Balaban J connectivity index is 4.08. The monoisotopic (exact) mass is 398 g/mol. The van der Waals surface area contributed by atoms with Crippen molar-refractivity contribution in [2.75, 3.05) is 13.2 Å². The number of halogens is 6. The molecule has 0 aromatic rings. The standard InChI is InChI=1S/C8H12Cl6O3S/c1-7(13,5(9)10)3-16-18(15)17-4-8(2,14)6(11)12/h5-6H,3-4H2,1-2H3. The molecule has 2 unspecified atom stereocenters. The molecule has 0 aliphatic rings. The normalized spacial score (nSPS) is 20.8. The molecule has 0 saturated heterocycles. The maximum Gasteiger partial charge on any atom is 0.304 e. The molecule has 18 heavy (non-hydrogen) atoms. The van der Waals surface area contributed by atoms with E-state index in [0.717, 1.165) is 0 Å². The Kier molecular flexibility index (Phi) is 9.14. The summed E-state index contributed by atoms with van der Waals surface area (Å²) in [7, 11) is 0. The van der Waals surface area contributed by atoms with Crippen LogP contribution in [0.2, 0.25) is 0 Å². The molecule has 0 aromatic carbocycles. The summed E-state index contributed by atoms with van der Waals surface area (Å²) in [5, 5.41) is 0. The predicted molar refractivity (Wildman–Crippen MR) is 79.6 cm³/mol. The summed E-state index contributed by atoms with van der Waals surface area (Å²) in [4.78, 5) is -3.92. The third kappa shape index (κ3) is 7.55. The SMILES string of the molecule is CC(Cl)(COS(=O)OCC(C)(Cl)C(Cl)Cl)C(Cl)Cl. The summed E-state index contributed by atoms with van der Waals surface area (Å²) in [6, 6.07) is 0. The van der Waals surface area contributed by atoms with Crippen molar-refractivity contribution in [2.45, 2.75) is 33.3 Å². The lowest BCUT2D eigenvalue weighted by atomic mass is 10.2. The van der Waals surface area contributed by atoms with Gasteiger partial charge in [-0.15, -0.1) is 69.6 Å². The number of hydrogen-bond donors (Lipinski definition) is 0. The lowest BCUT2D eigenvalue weighted by Gasteiger charge is -2.24. The average molecular weight is 401 g/mol. The van der Waals surface area contributed by atoms with Gasteiger partial charge in [-0.25, -0.2) is 0 Å². The van der Waals surface area contributed by atoms with E-state index >= 15 is 0 Å². The molecule has 0 rings (SSSR count). The van der Waals surface area contributed by atoms with Crippen LogP contribution in [-0.4, -0.2) is 36.8 Å². The molecular weight excluding hydrogens is 389 g/mol. The lowest BCUT2D eigenvalue weighted by molar-refractivity contribution is 0.221. The van der Waals surface area contributed by atoms with Crippen LogP contribution in [0.3, 0.4) is 0 Å². The first-order valence-electron chi connectivity index (χ1n) is 4.61. The first kappa shape index (κ1) is 19.8. The molecule has 0 spiro atoms. The lowest BCUT2D eigenvalue weighted by Crippen LogP contribution is -2.34. The molecule has 0 fully saturated rings. The van der Waals surface area contributed by atoms with E-state index in [-0.39, 0.29) is 13.2 Å². The van der Waals surface area contributed by atoms with E-state index in [1.54, 1.807) is 0 Å². The second-order valence-electron chi connectivity index (χ2n) is 3.89. The zero-order chi connectivity index (χ0) is 14.6. The zero-order valence-electron chi connectivity index (χ0n) is 9.47. The Morgan fingerprint density at radius 1 is 0.944 bits per heavy atom. The number of rotatable bonds is 8. The third-order valence-electron chi connectivity index (χ3n) is 1.78. The van der Waals surface area contributed by atoms with E-state index in [0.29, 0.717) is 0 Å². The van der Waals surface area contributed by atoms with Gasteiger partial charge in [-0.3, -0.25) is 8.37 Å². The van der Waals surface area contributed by atoms with E-state index in [1.807, 2.05) is 0 Å². The van der Waals surface area contributed by atoms with Crippen LogP contribution in [0.1, 0.15) is 13.8 Å². The summed E-state index contributed by atoms with van der Waals surface area (Å²) in [5.74, 6) is 0. The molecule has 0 heterocycles. The van der Waals surface area contributed by atoms with Crippen LogP contribution in [0.25, 0.3) is 0 Å². The summed E-state index contributed by atoms with van der Waals surface area (Å²) < 4.78 is 21.1. The average Bonchev–Trinajstić information content (AvgIpc) is 2.23. The number of hydrogen-bond acceptors (Lipinski definition) is 3. The second kappa shape index (κ2) is 8.30. The summed E-state index contributed by atoms with van der Waals surface area (Å²) >= 11 is 32.2. The van der Waals surface area contributed by atoms with Crippen molar-refractivity contribution >= 4 is 81.0 Å². The topological polar surface area (TPSA) is 35.5 Å². The van der Waals surface area contributed by atoms with Crippen molar-refractivity contribution in [1.29, 1.82) is 0 Å². The maximum absolute atomic E-state index is 11.4. The van der Waals surface area contributed by atoms with Crippen LogP contribution in [0, 0.1) is 0 Å². The van der Waals surface area contributed by atoms with Gasteiger partial charge in [0.2, 0.25) is 0 Å². The van der Waals surface area contributed by atoms with Crippen LogP contribution in [0.5, 0.6) is 0 Å². The van der Waals surface area contributed by atoms with Crippen molar-refractivity contribution < 1.29 is 12.6 Å². The Labute approximate surface area is 139 Å². The van der Waals surface area contributed by atoms with Gasteiger partial charge in [0.25, 0.3) is 0 Å². The largest absolute Gasteiger partial charge is 0.304 e. The van der Waals surface area contributed by atoms with Crippen molar-refractivity contribution in [1.82, 2.24) is 0 Å². The molecule has 0 radical (unpaired) electrons. The minimum atomic E-state index is -2.05. The van der Waals surface area contributed by atoms with Crippen LogP contribution >= 0.6 is 69.6 Å². The van der Waals surface area contributed by atoms with Crippen LogP contribution in [0.15, 0.2) is 0 Å². The van der Waals surface area contributed by atoms with Crippen LogP contribution < -0.4 is 0 Å². The molecule has 110 valence electrons. The van der Waals surface area contributed by atoms with Crippen molar-refractivity contribution in [3.63, 3.8) is 0 Å². The number of alkyl halides is 6. The van der Waals surface area contributed by atoms with Crippen LogP contribution in [0.4, 0.5) is 0 Å². The van der Waals surface area contributed by atoms with Gasteiger partial charge in [-0.05, 0) is 13.8 Å². The smallest absolute Gasteiger partial charge is 0.267 e. The summed E-state index contributed by atoms with van der Waals surface area (Å²) in [6.45, 7) is 2.75. The highest BCUT2D eigenvalue weighted by Gasteiger charge is 2.33. The molecule has 2 atom stereocenters. The molecule has 0 aromatic heterocycles. The molecule has 0 aliphatic carbocycles. The Hall–Kier alpha value is 1.81. The first-order valence-corrected chi connectivity index (χ1v) is 8.11. The molecule has 0 N–H and O–H groups in total. The van der Waals surface area contributed by atoms with E-state index in [1.165, 1.54) is 13.8 Å². The molecular formula is C8H12Cl6O3S. The fraction of sp³-hybridized carbons (Fsp3) is 1.00. The zero-order valence-corrected chi connectivity index (χ0v) is 14.8. The molecule has 0 saturated carbocycles. The van der Waals surface area contributed by atoms with Gasteiger partial charge >= 0.3 is 11.4 Å². The highest BCUT2D eigenvalue weighted by molar-refractivity contribution is 7.75. The molecule has 3 nitrogen and oxygen atoms in total. The summed E-state index contributed by atoms with van der Waals surface area (Å²) in [5.41, 5.74) is 0. The minimum Gasteiger partial charge on any atom is -0.267 e. The Morgan fingerprint density at radius 2 is 1.22 bits per heavy atom. The molecule has 0 amide bonds. The van der Waals surface area contributed by atoms with Crippen molar-refractivity contribution in [3.8, 4) is 0 Å². The van der Waals surface area contributed by atoms with E-state index in [2.05, 4.69) is 0 Å². The van der Waals surface area contributed by atoms with Gasteiger partial charge in [0.05, 0.1) is 23.0 Å². The Morgan fingerprint density at radius 3 is 1.44 bits per heavy atom. The second-order valence-corrected chi connectivity index (χ2v) is 8.69. The van der Waals surface area contributed by atoms with Gasteiger partial charge in [0.15, 0.2) is 0 Å². The van der Waals surface area contributed by atoms with E-state index in [9.17, 15) is 4.21 Å². The molecule has 0 aliphatic heterocycles. The fourth-order valence-corrected chi connectivity index (χ4v) is 1.73. The van der Waals surface area contributed by atoms with Crippen molar-refractivity contribution in [3.05, 3.63) is 0 Å². The van der Waals surface area contributed by atoms with Crippen molar-refractivity contribution in [2.24, 2.45) is 0 Å². The molecule has 0 bridgehead atoms. The summed E-state index contributed by atoms with van der Waals surface area (Å²) in [6.07, 6.45) is 0. The van der Waals surface area contributed by atoms with Gasteiger partial charge in [0.1, 0.15) is 9.67 Å². The highest BCUT2D eigenvalue weighted by Crippen LogP contribution is 2.29. The van der Waals surface area contributed by atoms with Gasteiger partial charge < -0.3 is 0 Å². The minimum absolute atomic E-state index is 0.164. The van der Waals surface area contributed by atoms with E-state index in [4.69, 9.17) is 78.0 Å². The van der Waals surface area contributed by atoms with Gasteiger partial charge in [0, 0.05) is 0 Å².